The first-order valence-electron chi connectivity index (χ1n) is 6.08. The van der Waals surface area contributed by atoms with Gasteiger partial charge in [-0.2, -0.15) is 0 Å². The molecule has 0 aliphatic carbocycles. The smallest absolute Gasteiger partial charge is 0.232 e. The summed E-state index contributed by atoms with van der Waals surface area (Å²) in [7, 11) is -3.30. The first kappa shape index (κ1) is 14.1. The second kappa shape index (κ2) is 5.34. The van der Waals surface area contributed by atoms with Gasteiger partial charge in [-0.05, 0) is 30.5 Å². The van der Waals surface area contributed by atoms with Crippen LogP contribution < -0.4 is 4.72 Å². The first-order chi connectivity index (χ1) is 8.87. The zero-order valence-corrected chi connectivity index (χ0v) is 12.5. The molecule has 0 saturated carbocycles. The molecule has 1 heterocycles. The number of benzene rings is 1. The Morgan fingerprint density at radius 3 is 2.74 bits per heavy atom. The molecular weight excluding hydrogens is 282 g/mol. The quantitative estimate of drug-likeness (QED) is 0.743. The molecular formula is C12H17N3O2S2. The fourth-order valence-electron chi connectivity index (χ4n) is 1.72. The molecule has 0 aliphatic rings. The van der Waals surface area contributed by atoms with Crippen molar-refractivity contribution in [2.24, 2.45) is 5.92 Å². The number of fused-ring (bicyclic) bond motifs is 1. The van der Waals surface area contributed by atoms with E-state index < -0.39 is 10.0 Å². The van der Waals surface area contributed by atoms with Gasteiger partial charge in [0.25, 0.3) is 0 Å². The zero-order chi connectivity index (χ0) is 14.0. The molecule has 5 nitrogen and oxygen atoms in total. The number of hydrogen-bond donors (Lipinski definition) is 3. The number of sulfonamides is 1. The summed E-state index contributed by atoms with van der Waals surface area (Å²) in [5.74, 6) is 0.487. The number of aromatic nitrogens is 2. The van der Waals surface area contributed by atoms with Gasteiger partial charge in [0, 0.05) is 11.1 Å². The molecule has 0 amide bonds. The number of rotatable bonds is 5. The molecule has 7 heteroatoms. The predicted molar refractivity (Wildman–Crippen MR) is 80.3 cm³/mol. The number of H-pyrrole nitrogens is 2. The number of nitrogens with one attached hydrogen (secondary N) is 3. The third-order valence-corrected chi connectivity index (χ3v) is 4.45. The Hall–Kier alpha value is -1.34. The van der Waals surface area contributed by atoms with Crippen molar-refractivity contribution in [3.05, 3.63) is 22.8 Å². The topological polar surface area (TPSA) is 77.8 Å². The maximum atomic E-state index is 11.9. The molecule has 1 aromatic carbocycles. The standard InChI is InChI=1S/C12H17N3O2S2/c1-8(2)5-6-19(16,17)15-9-3-4-11-10(7-9)12(18)14-13-11/h3-4,7-8,15H,5-6H2,1-2H3,(H2,13,14,18). The number of anilines is 1. The minimum Gasteiger partial charge on any atom is -0.299 e. The highest BCUT2D eigenvalue weighted by Gasteiger charge is 2.12. The van der Waals surface area contributed by atoms with Gasteiger partial charge in [0.15, 0.2) is 0 Å². The van der Waals surface area contributed by atoms with Crippen LogP contribution >= 0.6 is 12.2 Å². The SMILES string of the molecule is CC(C)CCS(=O)(=O)Nc1ccc2[nH][nH]c(=S)c2c1. The minimum absolute atomic E-state index is 0.128. The molecule has 0 atom stereocenters. The maximum Gasteiger partial charge on any atom is 0.232 e. The van der Waals surface area contributed by atoms with Crippen molar-refractivity contribution in [1.29, 1.82) is 0 Å². The lowest BCUT2D eigenvalue weighted by Crippen LogP contribution is -2.17. The third-order valence-electron chi connectivity index (χ3n) is 2.81. The largest absolute Gasteiger partial charge is 0.299 e. The summed E-state index contributed by atoms with van der Waals surface area (Å²) in [6.07, 6.45) is 0.641. The molecule has 1 aromatic heterocycles. The van der Waals surface area contributed by atoms with Crippen molar-refractivity contribution in [3.63, 3.8) is 0 Å². The fraction of sp³-hybridized carbons (Fsp3) is 0.417. The van der Waals surface area contributed by atoms with Crippen molar-refractivity contribution < 1.29 is 8.42 Å². The summed E-state index contributed by atoms with van der Waals surface area (Å²) in [5, 5.41) is 6.54. The highest BCUT2D eigenvalue weighted by Crippen LogP contribution is 2.19. The highest BCUT2D eigenvalue weighted by atomic mass is 32.2. The minimum atomic E-state index is -3.30. The summed E-state index contributed by atoms with van der Waals surface area (Å²) in [6, 6.07) is 5.24. The Balaban J connectivity index is 2.21. The van der Waals surface area contributed by atoms with Crippen LogP contribution in [-0.4, -0.2) is 24.4 Å². The Morgan fingerprint density at radius 1 is 1.32 bits per heavy atom. The van der Waals surface area contributed by atoms with Crippen LogP contribution in [-0.2, 0) is 10.0 Å². The van der Waals surface area contributed by atoms with Gasteiger partial charge in [-0.1, -0.05) is 26.1 Å². The maximum absolute atomic E-state index is 11.9. The summed E-state index contributed by atoms with van der Waals surface area (Å²) in [6.45, 7) is 4.00. The first-order valence-corrected chi connectivity index (χ1v) is 8.14. The van der Waals surface area contributed by atoms with Crippen molar-refractivity contribution in [1.82, 2.24) is 10.2 Å². The zero-order valence-electron chi connectivity index (χ0n) is 10.9. The van der Waals surface area contributed by atoms with Crippen LogP contribution in [0.15, 0.2) is 18.2 Å². The van der Waals surface area contributed by atoms with Gasteiger partial charge in [-0.15, -0.1) is 0 Å². The van der Waals surface area contributed by atoms with E-state index in [2.05, 4.69) is 14.9 Å². The molecule has 0 fully saturated rings. The van der Waals surface area contributed by atoms with E-state index in [4.69, 9.17) is 12.2 Å². The van der Waals surface area contributed by atoms with Crippen LogP contribution in [0, 0.1) is 10.6 Å². The van der Waals surface area contributed by atoms with Crippen LogP contribution in [0.2, 0.25) is 0 Å². The lowest BCUT2D eigenvalue weighted by molar-refractivity contribution is 0.578. The average molecular weight is 299 g/mol. The molecule has 0 bridgehead atoms. The number of hydrogen-bond acceptors (Lipinski definition) is 3. The van der Waals surface area contributed by atoms with E-state index in [1.165, 1.54) is 0 Å². The summed E-state index contributed by atoms with van der Waals surface area (Å²) in [4.78, 5) is 0. The van der Waals surface area contributed by atoms with E-state index in [0.29, 0.717) is 22.7 Å². The Bertz CT molecular complexity index is 729. The molecule has 0 saturated heterocycles. The van der Waals surface area contributed by atoms with Crippen molar-refractivity contribution in [3.8, 4) is 0 Å². The van der Waals surface area contributed by atoms with Gasteiger partial charge in [0.05, 0.1) is 11.3 Å². The average Bonchev–Trinajstić information content (AvgIpc) is 2.68. The third kappa shape index (κ3) is 3.57. The molecule has 0 aliphatic heterocycles. The lowest BCUT2D eigenvalue weighted by atomic mass is 10.2. The summed E-state index contributed by atoms with van der Waals surface area (Å²) in [5.41, 5.74) is 1.39. The van der Waals surface area contributed by atoms with Crippen LogP contribution in [0.4, 0.5) is 5.69 Å². The van der Waals surface area contributed by atoms with Crippen molar-refractivity contribution in [2.45, 2.75) is 20.3 Å². The Morgan fingerprint density at radius 2 is 2.05 bits per heavy atom. The second-order valence-electron chi connectivity index (χ2n) is 4.94. The van der Waals surface area contributed by atoms with Gasteiger partial charge < -0.3 is 0 Å². The van der Waals surface area contributed by atoms with Crippen LogP contribution in [0.3, 0.4) is 0 Å². The molecule has 0 spiro atoms. The van der Waals surface area contributed by atoms with Gasteiger partial charge in [0.1, 0.15) is 4.64 Å². The molecule has 2 rings (SSSR count). The van der Waals surface area contributed by atoms with E-state index >= 15 is 0 Å². The van der Waals surface area contributed by atoms with Gasteiger partial charge >= 0.3 is 0 Å². The molecule has 3 N–H and O–H groups in total. The van der Waals surface area contributed by atoms with Gasteiger partial charge in [-0.25, -0.2) is 8.42 Å². The fourth-order valence-corrected chi connectivity index (χ4v) is 3.31. The van der Waals surface area contributed by atoms with Gasteiger partial charge in [0.2, 0.25) is 10.0 Å². The van der Waals surface area contributed by atoms with E-state index in [1.54, 1.807) is 18.2 Å². The van der Waals surface area contributed by atoms with Crippen LogP contribution in [0.5, 0.6) is 0 Å². The second-order valence-corrected chi connectivity index (χ2v) is 7.19. The van der Waals surface area contributed by atoms with Crippen LogP contribution in [0.1, 0.15) is 20.3 Å². The van der Waals surface area contributed by atoms with Crippen molar-refractivity contribution in [2.75, 3.05) is 10.5 Å². The molecule has 2 aromatic rings. The van der Waals surface area contributed by atoms with E-state index in [1.807, 2.05) is 13.8 Å². The van der Waals surface area contributed by atoms with Crippen molar-refractivity contribution >= 4 is 38.8 Å². The molecule has 0 unspecified atom stereocenters. The number of aromatic amines is 2. The molecule has 19 heavy (non-hydrogen) atoms. The monoisotopic (exact) mass is 299 g/mol. The van der Waals surface area contributed by atoms with E-state index in [-0.39, 0.29) is 5.75 Å². The lowest BCUT2D eigenvalue weighted by Gasteiger charge is -2.09. The van der Waals surface area contributed by atoms with Gasteiger partial charge in [-0.3, -0.25) is 14.9 Å². The molecule has 104 valence electrons. The Kier molecular flexibility index (Phi) is 3.96. The highest BCUT2D eigenvalue weighted by molar-refractivity contribution is 7.92. The predicted octanol–water partition coefficient (Wildman–Crippen LogP) is 3.01. The Labute approximate surface area is 117 Å². The normalized spacial score (nSPS) is 12.2. The van der Waals surface area contributed by atoms with E-state index in [9.17, 15) is 8.42 Å². The van der Waals surface area contributed by atoms with E-state index in [0.717, 1.165) is 10.9 Å². The summed E-state index contributed by atoms with van der Waals surface area (Å²) < 4.78 is 27.0. The summed E-state index contributed by atoms with van der Waals surface area (Å²) >= 11 is 5.11. The van der Waals surface area contributed by atoms with Crippen LogP contribution in [0.25, 0.3) is 10.9 Å². The molecule has 0 radical (unpaired) electrons.